The van der Waals surface area contributed by atoms with Crippen molar-refractivity contribution in [2.75, 3.05) is 5.32 Å². The molecule has 1 aliphatic carbocycles. The summed E-state index contributed by atoms with van der Waals surface area (Å²) in [5.74, 6) is -2.38. The maximum atomic E-state index is 12.4. The van der Waals surface area contributed by atoms with Crippen molar-refractivity contribution in [1.82, 2.24) is 10.2 Å². The minimum absolute atomic E-state index is 0.281. The quantitative estimate of drug-likeness (QED) is 0.807. The number of aromatic nitrogens is 2. The van der Waals surface area contributed by atoms with Gasteiger partial charge in [0.15, 0.2) is 0 Å². The van der Waals surface area contributed by atoms with Gasteiger partial charge < -0.3 is 10.4 Å². The first-order valence-electron chi connectivity index (χ1n) is 7.05. The molecule has 3 rings (SSSR count). The van der Waals surface area contributed by atoms with E-state index in [2.05, 4.69) is 15.5 Å². The molecule has 0 unspecified atom stereocenters. The van der Waals surface area contributed by atoms with Gasteiger partial charge in [-0.05, 0) is 5.41 Å². The molecule has 1 aromatic carbocycles. The van der Waals surface area contributed by atoms with E-state index in [1.54, 1.807) is 13.8 Å². The highest BCUT2D eigenvalue weighted by Gasteiger charge is 2.65. The number of hydrogen-bond acceptors (Lipinski definition) is 3. The van der Waals surface area contributed by atoms with Gasteiger partial charge >= 0.3 is 5.97 Å². The summed E-state index contributed by atoms with van der Waals surface area (Å²) in [6.45, 7) is 3.59. The number of carbonyl (C=O) groups is 2. The van der Waals surface area contributed by atoms with Crippen LogP contribution in [0.2, 0.25) is 0 Å². The Bertz CT molecular complexity index is 721. The normalized spacial score (nSPS) is 22.1. The number of H-pyrrole nitrogens is 1. The summed E-state index contributed by atoms with van der Waals surface area (Å²) in [6.07, 6.45) is 1.53. The summed E-state index contributed by atoms with van der Waals surface area (Å²) in [4.78, 5) is 23.6. The molecular formula is C16H17N3O3. The molecule has 22 heavy (non-hydrogen) atoms. The fraction of sp³-hybridized carbons (Fsp3) is 0.312. The van der Waals surface area contributed by atoms with Gasteiger partial charge in [-0.3, -0.25) is 14.7 Å². The minimum Gasteiger partial charge on any atom is -0.481 e. The molecule has 0 saturated heterocycles. The highest BCUT2D eigenvalue weighted by Crippen LogP contribution is 2.58. The zero-order valence-electron chi connectivity index (χ0n) is 12.3. The Kier molecular flexibility index (Phi) is 3.24. The average molecular weight is 299 g/mol. The molecule has 0 spiro atoms. The van der Waals surface area contributed by atoms with Gasteiger partial charge in [0, 0.05) is 5.56 Å². The molecule has 114 valence electrons. The Hall–Kier alpha value is -2.63. The molecule has 2 aromatic rings. The van der Waals surface area contributed by atoms with Crippen LogP contribution in [0.3, 0.4) is 0 Å². The second-order valence-electron chi connectivity index (χ2n) is 6.13. The SMILES string of the molecule is CC1(C)[C@H](C(=O)O)[C@@H]1C(=O)Nc1cn[nH]c1-c1ccccc1. The van der Waals surface area contributed by atoms with Crippen molar-refractivity contribution in [3.63, 3.8) is 0 Å². The maximum absolute atomic E-state index is 12.4. The van der Waals surface area contributed by atoms with Crippen molar-refractivity contribution in [2.24, 2.45) is 17.3 Å². The molecule has 1 fully saturated rings. The van der Waals surface area contributed by atoms with E-state index in [1.807, 2.05) is 30.3 Å². The molecule has 1 saturated carbocycles. The number of rotatable bonds is 4. The molecule has 0 radical (unpaired) electrons. The molecule has 1 aliphatic rings. The van der Waals surface area contributed by atoms with Crippen LogP contribution in [0, 0.1) is 17.3 Å². The molecule has 1 heterocycles. The summed E-state index contributed by atoms with van der Waals surface area (Å²) in [5, 5.41) is 18.8. The van der Waals surface area contributed by atoms with Crippen molar-refractivity contribution in [1.29, 1.82) is 0 Å². The topological polar surface area (TPSA) is 95.1 Å². The van der Waals surface area contributed by atoms with Gasteiger partial charge in [-0.25, -0.2) is 0 Å². The molecule has 6 nitrogen and oxygen atoms in total. The Morgan fingerprint density at radius 2 is 1.91 bits per heavy atom. The van der Waals surface area contributed by atoms with Crippen LogP contribution in [-0.2, 0) is 9.59 Å². The largest absolute Gasteiger partial charge is 0.481 e. The van der Waals surface area contributed by atoms with Gasteiger partial charge in [0.1, 0.15) is 0 Å². The van der Waals surface area contributed by atoms with Crippen LogP contribution in [0.1, 0.15) is 13.8 Å². The van der Waals surface area contributed by atoms with Crippen molar-refractivity contribution < 1.29 is 14.7 Å². The first kappa shape index (κ1) is 14.3. The zero-order valence-corrected chi connectivity index (χ0v) is 12.3. The monoisotopic (exact) mass is 299 g/mol. The minimum atomic E-state index is -0.930. The van der Waals surface area contributed by atoms with Gasteiger partial charge in [-0.1, -0.05) is 44.2 Å². The Labute approximate surface area is 127 Å². The summed E-state index contributed by atoms with van der Waals surface area (Å²) < 4.78 is 0. The number of carboxylic acid groups (broad SMARTS) is 1. The lowest BCUT2D eigenvalue weighted by atomic mass is 10.1. The van der Waals surface area contributed by atoms with Crippen molar-refractivity contribution in [2.45, 2.75) is 13.8 Å². The third kappa shape index (κ3) is 2.26. The molecular weight excluding hydrogens is 282 g/mol. The first-order valence-corrected chi connectivity index (χ1v) is 7.05. The number of carbonyl (C=O) groups excluding carboxylic acids is 1. The van der Waals surface area contributed by atoms with Crippen LogP contribution < -0.4 is 5.32 Å². The van der Waals surface area contributed by atoms with Gasteiger partial charge in [0.05, 0.1) is 29.4 Å². The maximum Gasteiger partial charge on any atom is 0.307 e. The van der Waals surface area contributed by atoms with E-state index >= 15 is 0 Å². The number of anilines is 1. The highest BCUT2D eigenvalue weighted by molar-refractivity contribution is 6.01. The second-order valence-corrected chi connectivity index (χ2v) is 6.13. The van der Waals surface area contributed by atoms with E-state index in [0.29, 0.717) is 11.4 Å². The first-order chi connectivity index (χ1) is 10.4. The molecule has 1 amide bonds. The lowest BCUT2D eigenvalue weighted by molar-refractivity contribution is -0.140. The molecule has 1 aromatic heterocycles. The number of nitrogens with zero attached hydrogens (tertiary/aromatic N) is 1. The van der Waals surface area contributed by atoms with Crippen molar-refractivity contribution >= 4 is 17.6 Å². The number of nitrogens with one attached hydrogen (secondary N) is 2. The second kappa shape index (κ2) is 4.98. The molecule has 3 N–H and O–H groups in total. The number of benzene rings is 1. The highest BCUT2D eigenvalue weighted by atomic mass is 16.4. The van der Waals surface area contributed by atoms with Crippen LogP contribution in [0.4, 0.5) is 5.69 Å². The van der Waals surface area contributed by atoms with E-state index in [1.165, 1.54) is 6.20 Å². The van der Waals surface area contributed by atoms with E-state index in [9.17, 15) is 9.59 Å². The van der Waals surface area contributed by atoms with Crippen LogP contribution >= 0.6 is 0 Å². The number of amides is 1. The molecule has 2 atom stereocenters. The van der Waals surface area contributed by atoms with E-state index in [4.69, 9.17) is 5.11 Å². The Balaban J connectivity index is 1.80. The number of aliphatic carboxylic acids is 1. The van der Waals surface area contributed by atoms with Crippen LogP contribution in [0.25, 0.3) is 11.3 Å². The Morgan fingerprint density at radius 3 is 2.50 bits per heavy atom. The van der Waals surface area contributed by atoms with Gasteiger partial charge in [0.25, 0.3) is 0 Å². The van der Waals surface area contributed by atoms with Gasteiger partial charge in [-0.15, -0.1) is 0 Å². The summed E-state index contributed by atoms with van der Waals surface area (Å²) in [5.41, 5.74) is 1.65. The van der Waals surface area contributed by atoms with Crippen molar-refractivity contribution in [3.8, 4) is 11.3 Å². The molecule has 0 bridgehead atoms. The number of hydrogen-bond donors (Lipinski definition) is 3. The summed E-state index contributed by atoms with van der Waals surface area (Å²) in [7, 11) is 0. The van der Waals surface area contributed by atoms with Crippen LogP contribution in [-0.4, -0.2) is 27.2 Å². The fourth-order valence-electron chi connectivity index (χ4n) is 3.00. The van der Waals surface area contributed by atoms with Gasteiger partial charge in [-0.2, -0.15) is 5.10 Å². The smallest absolute Gasteiger partial charge is 0.307 e. The van der Waals surface area contributed by atoms with E-state index in [-0.39, 0.29) is 5.91 Å². The lowest BCUT2D eigenvalue weighted by Crippen LogP contribution is -2.17. The third-order valence-electron chi connectivity index (χ3n) is 4.34. The molecule has 6 heteroatoms. The lowest BCUT2D eigenvalue weighted by Gasteiger charge is -2.06. The van der Waals surface area contributed by atoms with E-state index in [0.717, 1.165) is 5.56 Å². The summed E-state index contributed by atoms with van der Waals surface area (Å²) >= 11 is 0. The van der Waals surface area contributed by atoms with Crippen LogP contribution in [0.15, 0.2) is 36.5 Å². The predicted octanol–water partition coefficient (Wildman–Crippen LogP) is 2.37. The Morgan fingerprint density at radius 1 is 1.23 bits per heavy atom. The standard InChI is InChI=1S/C16H17N3O3/c1-16(2)11(12(16)15(21)22)14(20)18-10-8-17-19-13(10)9-6-4-3-5-7-9/h3-8,11-12H,1-2H3,(H,17,19)(H,18,20)(H,21,22)/t11-,12+/m1/s1. The fourth-order valence-corrected chi connectivity index (χ4v) is 3.00. The third-order valence-corrected chi connectivity index (χ3v) is 4.34. The molecule has 0 aliphatic heterocycles. The zero-order chi connectivity index (χ0) is 15.9. The van der Waals surface area contributed by atoms with E-state index < -0.39 is 23.2 Å². The van der Waals surface area contributed by atoms with Crippen LogP contribution in [0.5, 0.6) is 0 Å². The number of carboxylic acids is 1. The predicted molar refractivity (Wildman–Crippen MR) is 81.1 cm³/mol. The summed E-state index contributed by atoms with van der Waals surface area (Å²) in [6, 6.07) is 9.51. The average Bonchev–Trinajstić information content (AvgIpc) is 2.82. The van der Waals surface area contributed by atoms with Crippen molar-refractivity contribution in [3.05, 3.63) is 36.5 Å². The number of aromatic amines is 1. The van der Waals surface area contributed by atoms with Gasteiger partial charge in [0.2, 0.25) is 5.91 Å².